The van der Waals surface area contributed by atoms with Crippen molar-refractivity contribution < 1.29 is 14.5 Å². The first-order valence-corrected chi connectivity index (χ1v) is 13.8. The third-order valence-corrected chi connectivity index (χ3v) is 1.27. The van der Waals surface area contributed by atoms with Crippen LogP contribution in [-0.4, -0.2) is 19.1 Å². The van der Waals surface area contributed by atoms with Gasteiger partial charge in [-0.15, -0.1) is 0 Å². The van der Waals surface area contributed by atoms with E-state index in [-0.39, 0.29) is 14.5 Å². The Morgan fingerprint density at radius 1 is 0.933 bits per heavy atom. The predicted octanol–water partition coefficient (Wildman–Crippen LogP) is 2.53. The van der Waals surface area contributed by atoms with Gasteiger partial charge in [0.1, 0.15) is 0 Å². The number of imidazole rings is 2. The Morgan fingerprint density at radius 2 is 1.27 bits per heavy atom. The number of rotatable bonds is 0. The number of nitrogens with zero attached hydrogens (tertiary/aromatic N) is 4. The maximum absolute atomic E-state index is 3.78. The van der Waals surface area contributed by atoms with Gasteiger partial charge in [-0.05, 0) is 0 Å². The molecule has 0 saturated heterocycles. The molecule has 0 spiro atoms. The van der Waals surface area contributed by atoms with Crippen LogP contribution in [0.3, 0.4) is 0 Å². The van der Waals surface area contributed by atoms with Crippen LogP contribution < -0.4 is 0 Å². The summed E-state index contributed by atoms with van der Waals surface area (Å²) in [6, 6.07) is 0. The molecule has 15 heavy (non-hydrogen) atoms. The van der Waals surface area contributed by atoms with E-state index in [1.807, 2.05) is 35.6 Å². The molecular weight excluding hydrogens is 507 g/mol. The SMILES string of the molecule is Cn1ccnc1.Cn1ccnc1.[Br][Pt][Br]. The molecule has 88 valence electrons. The van der Waals surface area contributed by atoms with Crippen molar-refractivity contribution in [2.75, 3.05) is 0 Å². The van der Waals surface area contributed by atoms with E-state index < -0.39 is 0 Å². The van der Waals surface area contributed by atoms with Crippen LogP contribution in [0.1, 0.15) is 0 Å². The van der Waals surface area contributed by atoms with Crippen LogP contribution in [-0.2, 0) is 28.5 Å². The van der Waals surface area contributed by atoms with Crippen LogP contribution in [0, 0.1) is 0 Å². The molecule has 0 aliphatic rings. The number of halogens is 2. The molecule has 7 heteroatoms. The molecule has 0 radical (unpaired) electrons. The van der Waals surface area contributed by atoms with Crippen molar-refractivity contribution in [3.05, 3.63) is 37.4 Å². The van der Waals surface area contributed by atoms with Gasteiger partial charge in [-0.3, -0.25) is 0 Å². The fourth-order valence-corrected chi connectivity index (χ4v) is 0.652. The molecule has 0 aromatic carbocycles. The van der Waals surface area contributed by atoms with Crippen LogP contribution in [0.4, 0.5) is 0 Å². The van der Waals surface area contributed by atoms with Crippen molar-refractivity contribution in [3.8, 4) is 0 Å². The number of aromatic nitrogens is 4. The minimum atomic E-state index is 0.208. The van der Waals surface area contributed by atoms with Crippen LogP contribution in [0.25, 0.3) is 0 Å². The summed E-state index contributed by atoms with van der Waals surface area (Å²) in [7, 11) is 3.88. The first-order valence-electron chi connectivity index (χ1n) is 3.87. The third-order valence-electron chi connectivity index (χ3n) is 1.27. The van der Waals surface area contributed by atoms with E-state index in [9.17, 15) is 0 Å². The molecule has 4 nitrogen and oxygen atoms in total. The van der Waals surface area contributed by atoms with Crippen LogP contribution in [0.15, 0.2) is 37.4 Å². The second-order valence-corrected chi connectivity index (χ2v) is 12.4. The van der Waals surface area contributed by atoms with Gasteiger partial charge in [-0.2, -0.15) is 0 Å². The van der Waals surface area contributed by atoms with Crippen molar-refractivity contribution in [3.63, 3.8) is 0 Å². The third kappa shape index (κ3) is 10.4. The zero-order valence-electron chi connectivity index (χ0n) is 8.33. The summed E-state index contributed by atoms with van der Waals surface area (Å²) in [5.41, 5.74) is 0. The summed E-state index contributed by atoms with van der Waals surface area (Å²) in [4.78, 5) is 7.57. The second kappa shape index (κ2) is 10.6. The Kier molecular flexibility index (Phi) is 10.6. The van der Waals surface area contributed by atoms with Gasteiger partial charge in [0.2, 0.25) is 0 Å². The van der Waals surface area contributed by atoms with E-state index in [1.165, 1.54) is 0 Å². The first-order chi connectivity index (χ1) is 7.20. The maximum atomic E-state index is 3.78. The summed E-state index contributed by atoms with van der Waals surface area (Å²) >= 11 is 6.56. The zero-order valence-corrected chi connectivity index (χ0v) is 13.8. The van der Waals surface area contributed by atoms with E-state index in [4.69, 9.17) is 0 Å². The van der Waals surface area contributed by atoms with Crippen molar-refractivity contribution in [2.24, 2.45) is 14.1 Å². The fourth-order valence-electron chi connectivity index (χ4n) is 0.652. The van der Waals surface area contributed by atoms with Crippen molar-refractivity contribution in [1.82, 2.24) is 19.1 Å². The molecule has 0 amide bonds. The Morgan fingerprint density at radius 3 is 1.33 bits per heavy atom. The Labute approximate surface area is 111 Å². The summed E-state index contributed by atoms with van der Waals surface area (Å²) in [5, 5.41) is 0. The van der Waals surface area contributed by atoms with Gasteiger partial charge in [-0.25, -0.2) is 9.97 Å². The van der Waals surface area contributed by atoms with Crippen LogP contribution in [0.5, 0.6) is 0 Å². The first kappa shape index (κ1) is 15.1. The van der Waals surface area contributed by atoms with Gasteiger partial charge in [0, 0.05) is 38.9 Å². The standard InChI is InChI=1S/2C4H6N2.2BrH.Pt/c2*1-6-3-2-5-4-6;;;/h2*2-4H,1H3;2*1H;/q;;;;+2/p-2. The molecule has 0 aliphatic heterocycles. The Balaban J connectivity index is 0.000000210. The molecule has 0 unspecified atom stereocenters. The molecule has 2 aromatic heterocycles. The zero-order chi connectivity index (χ0) is 11.5. The molecule has 2 aromatic rings. The topological polar surface area (TPSA) is 35.6 Å². The summed E-state index contributed by atoms with van der Waals surface area (Å²) in [6.45, 7) is 0. The van der Waals surface area contributed by atoms with E-state index in [2.05, 4.69) is 36.6 Å². The monoisotopic (exact) mass is 517 g/mol. The molecule has 0 fully saturated rings. The molecule has 0 atom stereocenters. The quantitative estimate of drug-likeness (QED) is 0.537. The van der Waals surface area contributed by atoms with Crippen LogP contribution >= 0.6 is 26.6 Å². The molecule has 2 heterocycles. The van der Waals surface area contributed by atoms with Gasteiger partial charge < -0.3 is 9.13 Å². The summed E-state index contributed by atoms with van der Waals surface area (Å²) in [6.07, 6.45) is 10.8. The number of hydrogen-bond acceptors (Lipinski definition) is 2. The summed E-state index contributed by atoms with van der Waals surface area (Å²) in [5.74, 6) is 0. The summed E-state index contributed by atoms with van der Waals surface area (Å²) < 4.78 is 3.78. The normalized spacial score (nSPS) is 8.53. The number of aryl methyl sites for hydroxylation is 2. The molecule has 2 rings (SSSR count). The van der Waals surface area contributed by atoms with Gasteiger partial charge in [0.15, 0.2) is 0 Å². The average molecular weight is 519 g/mol. The van der Waals surface area contributed by atoms with E-state index in [0.717, 1.165) is 0 Å². The molecule has 0 saturated carbocycles. The van der Waals surface area contributed by atoms with E-state index in [0.29, 0.717) is 0 Å². The van der Waals surface area contributed by atoms with E-state index >= 15 is 0 Å². The number of hydrogen-bond donors (Lipinski definition) is 0. The van der Waals surface area contributed by atoms with Gasteiger partial charge in [0.05, 0.1) is 12.7 Å². The Hall–Kier alpha value is 0.0683. The van der Waals surface area contributed by atoms with Crippen molar-refractivity contribution in [2.45, 2.75) is 0 Å². The molecule has 0 N–H and O–H groups in total. The van der Waals surface area contributed by atoms with Gasteiger partial charge >= 0.3 is 41.0 Å². The Bertz CT molecular complexity index is 277. The van der Waals surface area contributed by atoms with E-state index in [1.54, 1.807) is 25.0 Å². The van der Waals surface area contributed by atoms with Crippen molar-refractivity contribution >= 4 is 26.6 Å². The van der Waals surface area contributed by atoms with Crippen molar-refractivity contribution in [1.29, 1.82) is 0 Å². The molecule has 0 bridgehead atoms. The predicted molar refractivity (Wildman–Crippen MR) is 64.3 cm³/mol. The molecular formula is C8H12Br2N4Pt. The molecule has 0 aliphatic carbocycles. The fraction of sp³-hybridized carbons (Fsp3) is 0.250. The van der Waals surface area contributed by atoms with Gasteiger partial charge in [-0.1, -0.05) is 0 Å². The average Bonchev–Trinajstić information content (AvgIpc) is 2.81. The van der Waals surface area contributed by atoms with Crippen LogP contribution in [0.2, 0.25) is 0 Å². The second-order valence-electron chi connectivity index (χ2n) is 2.50. The van der Waals surface area contributed by atoms with Gasteiger partial charge in [0.25, 0.3) is 0 Å². The minimum absolute atomic E-state index is 0.208.